The molecule has 152 valence electrons. The first-order valence-corrected chi connectivity index (χ1v) is 12.5. The van der Waals surface area contributed by atoms with E-state index in [1.54, 1.807) is 26.7 Å². The third-order valence-electron chi connectivity index (χ3n) is 5.15. The summed E-state index contributed by atoms with van der Waals surface area (Å²) in [5.74, 6) is 0.596. The van der Waals surface area contributed by atoms with Crippen LogP contribution < -0.4 is 0 Å². The standard InChI is InChI=1S/C21H28N2O2S3/c1-3-5-17-20(27-28-21(17)26)15-7-8-18(24)16(13-15)14-22-9-11-23(12-10-22)19(25)6-4-2/h7-8,13,24H,3-6,9-12,14H2,1-2H3. The Kier molecular flexibility index (Phi) is 7.62. The monoisotopic (exact) mass is 436 g/mol. The van der Waals surface area contributed by atoms with Crippen molar-refractivity contribution in [1.29, 1.82) is 0 Å². The van der Waals surface area contributed by atoms with Gasteiger partial charge in [0.2, 0.25) is 5.91 Å². The predicted octanol–water partition coefficient (Wildman–Crippen LogP) is 5.31. The fraction of sp³-hybridized carbons (Fsp3) is 0.524. The van der Waals surface area contributed by atoms with Gasteiger partial charge in [0, 0.05) is 44.7 Å². The Hall–Kier alpha value is -1.28. The number of phenols is 1. The number of aromatic hydroxyl groups is 1. The summed E-state index contributed by atoms with van der Waals surface area (Å²) in [7, 11) is 3.40. The van der Waals surface area contributed by atoms with Crippen LogP contribution in [0, 0.1) is 3.82 Å². The van der Waals surface area contributed by atoms with Crippen LogP contribution in [-0.2, 0) is 17.8 Å². The van der Waals surface area contributed by atoms with Gasteiger partial charge in [-0.3, -0.25) is 9.69 Å². The van der Waals surface area contributed by atoms with Gasteiger partial charge in [0.15, 0.2) is 0 Å². The summed E-state index contributed by atoms with van der Waals surface area (Å²) < 4.78 is 0.990. The largest absolute Gasteiger partial charge is 0.508 e. The molecule has 1 fully saturated rings. The quantitative estimate of drug-likeness (QED) is 0.472. The Morgan fingerprint density at radius 1 is 1.14 bits per heavy atom. The first-order chi connectivity index (χ1) is 13.5. The molecule has 0 radical (unpaired) electrons. The lowest BCUT2D eigenvalue weighted by Crippen LogP contribution is -2.48. The van der Waals surface area contributed by atoms with E-state index in [1.165, 1.54) is 10.4 Å². The maximum atomic E-state index is 12.1. The van der Waals surface area contributed by atoms with E-state index in [4.69, 9.17) is 12.2 Å². The molecule has 1 aromatic heterocycles. The predicted molar refractivity (Wildman–Crippen MR) is 121 cm³/mol. The fourth-order valence-corrected chi connectivity index (χ4v) is 6.58. The first kappa shape index (κ1) is 21.4. The zero-order valence-electron chi connectivity index (χ0n) is 16.6. The third-order valence-corrected chi connectivity index (χ3v) is 8.34. The van der Waals surface area contributed by atoms with Crippen LogP contribution >= 0.6 is 32.9 Å². The van der Waals surface area contributed by atoms with Gasteiger partial charge in [-0.1, -0.05) is 53.2 Å². The van der Waals surface area contributed by atoms with Gasteiger partial charge >= 0.3 is 0 Å². The van der Waals surface area contributed by atoms with Crippen LogP contribution in [0.1, 0.15) is 44.2 Å². The van der Waals surface area contributed by atoms with E-state index in [0.29, 0.717) is 18.7 Å². The van der Waals surface area contributed by atoms with Crippen molar-refractivity contribution >= 4 is 38.8 Å². The molecule has 0 aliphatic carbocycles. The topological polar surface area (TPSA) is 43.8 Å². The number of carbonyl (C=O) groups is 1. The molecule has 0 atom stereocenters. The van der Waals surface area contributed by atoms with E-state index in [1.807, 2.05) is 17.9 Å². The summed E-state index contributed by atoms with van der Waals surface area (Å²) in [5.41, 5.74) is 3.36. The Morgan fingerprint density at radius 3 is 2.57 bits per heavy atom. The van der Waals surface area contributed by atoms with Gasteiger partial charge in [0.25, 0.3) is 0 Å². The van der Waals surface area contributed by atoms with Crippen LogP contribution in [0.5, 0.6) is 5.75 Å². The lowest BCUT2D eigenvalue weighted by atomic mass is 10.0. The molecule has 0 saturated carbocycles. The van der Waals surface area contributed by atoms with Crippen LogP contribution in [0.2, 0.25) is 0 Å². The van der Waals surface area contributed by atoms with E-state index in [2.05, 4.69) is 17.9 Å². The normalized spacial score (nSPS) is 15.1. The maximum absolute atomic E-state index is 12.1. The average molecular weight is 437 g/mol. The smallest absolute Gasteiger partial charge is 0.222 e. The molecule has 4 nitrogen and oxygen atoms in total. The van der Waals surface area contributed by atoms with Crippen LogP contribution in [0.4, 0.5) is 0 Å². The summed E-state index contributed by atoms with van der Waals surface area (Å²) in [4.78, 5) is 17.6. The van der Waals surface area contributed by atoms with Crippen molar-refractivity contribution in [3.8, 4) is 16.2 Å². The molecule has 3 rings (SSSR count). The molecule has 7 heteroatoms. The van der Waals surface area contributed by atoms with Gasteiger partial charge in [-0.15, -0.1) is 0 Å². The highest BCUT2D eigenvalue weighted by molar-refractivity contribution is 7.80. The molecule has 1 aromatic carbocycles. The van der Waals surface area contributed by atoms with Crippen molar-refractivity contribution in [2.75, 3.05) is 26.2 Å². The molecule has 2 aromatic rings. The zero-order chi connectivity index (χ0) is 20.1. The Labute approximate surface area is 179 Å². The molecule has 1 amide bonds. The van der Waals surface area contributed by atoms with Crippen LogP contribution in [0.25, 0.3) is 10.4 Å². The Balaban J connectivity index is 1.72. The third kappa shape index (κ3) is 5.00. The Morgan fingerprint density at radius 2 is 1.89 bits per heavy atom. The zero-order valence-corrected chi connectivity index (χ0v) is 19.0. The molecule has 1 N–H and O–H groups in total. The number of phenolic OH excluding ortho intramolecular Hbond substituents is 1. The summed E-state index contributed by atoms with van der Waals surface area (Å²) in [6.07, 6.45) is 3.61. The minimum Gasteiger partial charge on any atom is -0.508 e. The van der Waals surface area contributed by atoms with Gasteiger partial charge in [-0.2, -0.15) is 0 Å². The van der Waals surface area contributed by atoms with E-state index >= 15 is 0 Å². The van der Waals surface area contributed by atoms with Crippen molar-refractivity contribution < 1.29 is 9.90 Å². The molecular weight excluding hydrogens is 408 g/mol. The van der Waals surface area contributed by atoms with Gasteiger partial charge in [-0.05, 0) is 42.2 Å². The number of rotatable bonds is 7. The van der Waals surface area contributed by atoms with E-state index in [0.717, 1.165) is 60.4 Å². The highest BCUT2D eigenvalue weighted by atomic mass is 32.9. The second-order valence-electron chi connectivity index (χ2n) is 7.26. The molecule has 0 spiro atoms. The molecule has 1 aliphatic rings. The van der Waals surface area contributed by atoms with Gasteiger partial charge in [0.1, 0.15) is 9.57 Å². The highest BCUT2D eigenvalue weighted by Gasteiger charge is 2.21. The van der Waals surface area contributed by atoms with Crippen molar-refractivity contribution in [3.05, 3.63) is 33.1 Å². The molecule has 0 bridgehead atoms. The minimum atomic E-state index is 0.258. The number of carbonyl (C=O) groups excluding carboxylic acids is 1. The SMILES string of the molecule is CCCC(=O)N1CCN(Cc2cc(-c3ssc(=S)c3CCC)ccc2O)CC1. The Bertz CT molecular complexity index is 867. The lowest BCUT2D eigenvalue weighted by Gasteiger charge is -2.35. The molecule has 1 saturated heterocycles. The molecule has 0 unspecified atom stereocenters. The molecule has 1 aliphatic heterocycles. The van der Waals surface area contributed by atoms with Crippen molar-refractivity contribution in [2.24, 2.45) is 0 Å². The number of benzene rings is 1. The molecule has 2 heterocycles. The van der Waals surface area contributed by atoms with Crippen LogP contribution in [-0.4, -0.2) is 47.0 Å². The van der Waals surface area contributed by atoms with Crippen molar-refractivity contribution in [1.82, 2.24) is 9.80 Å². The molecule has 28 heavy (non-hydrogen) atoms. The van der Waals surface area contributed by atoms with Crippen molar-refractivity contribution in [2.45, 2.75) is 46.1 Å². The van der Waals surface area contributed by atoms with E-state index in [9.17, 15) is 9.90 Å². The maximum Gasteiger partial charge on any atom is 0.222 e. The number of piperazine rings is 1. The molecular formula is C21H28N2O2S3. The second kappa shape index (κ2) is 9.96. The summed E-state index contributed by atoms with van der Waals surface area (Å²) >= 11 is 5.52. The average Bonchev–Trinajstić information content (AvgIpc) is 3.05. The lowest BCUT2D eigenvalue weighted by molar-refractivity contribution is -0.133. The summed E-state index contributed by atoms with van der Waals surface area (Å²) in [6, 6.07) is 5.90. The summed E-state index contributed by atoms with van der Waals surface area (Å²) in [6.45, 7) is 8.15. The fourth-order valence-electron chi connectivity index (χ4n) is 3.58. The van der Waals surface area contributed by atoms with Gasteiger partial charge in [-0.25, -0.2) is 0 Å². The number of nitrogens with zero attached hydrogens (tertiary/aromatic N) is 2. The van der Waals surface area contributed by atoms with Gasteiger partial charge < -0.3 is 10.0 Å². The van der Waals surface area contributed by atoms with Crippen molar-refractivity contribution in [3.63, 3.8) is 0 Å². The van der Waals surface area contributed by atoms with E-state index < -0.39 is 0 Å². The van der Waals surface area contributed by atoms with E-state index in [-0.39, 0.29) is 5.91 Å². The number of hydrogen-bond donors (Lipinski definition) is 1. The second-order valence-corrected chi connectivity index (χ2v) is 10.1. The number of hydrogen-bond acceptors (Lipinski definition) is 6. The summed E-state index contributed by atoms with van der Waals surface area (Å²) in [5, 5.41) is 10.4. The van der Waals surface area contributed by atoms with Gasteiger partial charge in [0.05, 0.1) is 4.88 Å². The number of amides is 1. The highest BCUT2D eigenvalue weighted by Crippen LogP contribution is 2.37. The first-order valence-electron chi connectivity index (χ1n) is 9.97. The van der Waals surface area contributed by atoms with Crippen LogP contribution in [0.3, 0.4) is 0 Å². The minimum absolute atomic E-state index is 0.258. The van der Waals surface area contributed by atoms with Crippen LogP contribution in [0.15, 0.2) is 18.2 Å².